The third-order valence-electron chi connectivity index (χ3n) is 5.99. The first-order chi connectivity index (χ1) is 9.40. The van der Waals surface area contributed by atoms with E-state index in [1.54, 1.807) is 0 Å². The maximum Gasteiger partial charge on any atom is 0.141 e. The van der Waals surface area contributed by atoms with E-state index in [-0.39, 0.29) is 23.7 Å². The van der Waals surface area contributed by atoms with Crippen molar-refractivity contribution in [1.29, 1.82) is 0 Å². The summed E-state index contributed by atoms with van der Waals surface area (Å²) in [5, 5.41) is 0. The van der Waals surface area contributed by atoms with Gasteiger partial charge in [-0.05, 0) is 53.4 Å². The highest BCUT2D eigenvalue weighted by atomic mass is 16.1. The lowest BCUT2D eigenvalue weighted by atomic mass is 9.57. The fraction of sp³-hybridized carbons (Fsp3) is 0.667. The molecule has 4 atom stereocenters. The number of hydrogen-bond acceptors (Lipinski definition) is 2. The Hall–Kier alpha value is -1.18. The van der Waals surface area contributed by atoms with Crippen molar-refractivity contribution < 1.29 is 9.59 Å². The van der Waals surface area contributed by atoms with Gasteiger partial charge in [0.25, 0.3) is 0 Å². The summed E-state index contributed by atoms with van der Waals surface area (Å²) in [6, 6.07) is 0. The molecule has 0 aromatic heterocycles. The molecule has 1 saturated carbocycles. The van der Waals surface area contributed by atoms with Gasteiger partial charge in [0.2, 0.25) is 0 Å². The van der Waals surface area contributed by atoms with Gasteiger partial charge in [-0.3, -0.25) is 9.59 Å². The van der Waals surface area contributed by atoms with Crippen LogP contribution in [0.2, 0.25) is 0 Å². The van der Waals surface area contributed by atoms with Crippen LogP contribution in [-0.2, 0) is 9.59 Å². The molecular weight excluding hydrogens is 248 g/mol. The van der Waals surface area contributed by atoms with Crippen molar-refractivity contribution in [2.24, 2.45) is 23.7 Å². The number of ketones is 2. The Kier molecular flexibility index (Phi) is 3.23. The summed E-state index contributed by atoms with van der Waals surface area (Å²) in [6.07, 6.45) is 3.25. The van der Waals surface area contributed by atoms with E-state index in [2.05, 4.69) is 27.7 Å². The molecule has 20 heavy (non-hydrogen) atoms. The fourth-order valence-electron chi connectivity index (χ4n) is 4.33. The lowest BCUT2D eigenvalue weighted by molar-refractivity contribution is -0.148. The van der Waals surface area contributed by atoms with E-state index in [1.807, 2.05) is 0 Å². The van der Waals surface area contributed by atoms with Gasteiger partial charge in [0.15, 0.2) is 0 Å². The number of fused-ring (bicyclic) bond motifs is 2. The highest BCUT2D eigenvalue weighted by Gasteiger charge is 2.51. The zero-order valence-electron chi connectivity index (χ0n) is 13.0. The number of carbonyl (C=O) groups excluding carboxylic acids is 2. The molecule has 108 valence electrons. The average molecular weight is 272 g/mol. The van der Waals surface area contributed by atoms with Crippen molar-refractivity contribution in [3.8, 4) is 0 Å². The zero-order chi connectivity index (χ0) is 14.6. The Bertz CT molecular complexity index is 456. The molecule has 0 radical (unpaired) electrons. The smallest absolute Gasteiger partial charge is 0.141 e. The molecule has 3 aliphatic rings. The molecular formula is C18H24O2. The predicted octanol–water partition coefficient (Wildman–Crippen LogP) is 3.86. The van der Waals surface area contributed by atoms with Crippen LogP contribution in [0.5, 0.6) is 0 Å². The van der Waals surface area contributed by atoms with Gasteiger partial charge < -0.3 is 0 Å². The van der Waals surface area contributed by atoms with Gasteiger partial charge >= 0.3 is 0 Å². The summed E-state index contributed by atoms with van der Waals surface area (Å²) in [5.74, 6) is 0.631. The van der Waals surface area contributed by atoms with Crippen molar-refractivity contribution in [2.45, 2.75) is 53.4 Å². The summed E-state index contributed by atoms with van der Waals surface area (Å²) in [7, 11) is 0. The topological polar surface area (TPSA) is 34.1 Å². The molecule has 0 spiro atoms. The molecule has 1 fully saturated rings. The first kappa shape index (κ1) is 13.8. The highest BCUT2D eigenvalue weighted by molar-refractivity contribution is 6.00. The SMILES string of the molecule is CC1=C(C)CC2C(=O)C3CC(C)=C(C)CC3C(=O)C2C1. The maximum absolute atomic E-state index is 12.8. The van der Waals surface area contributed by atoms with Gasteiger partial charge in [0.1, 0.15) is 11.6 Å². The molecule has 0 N–H and O–H groups in total. The van der Waals surface area contributed by atoms with Crippen LogP contribution < -0.4 is 0 Å². The Morgan fingerprint density at radius 1 is 0.550 bits per heavy atom. The fourth-order valence-corrected chi connectivity index (χ4v) is 4.33. The van der Waals surface area contributed by atoms with Crippen LogP contribution in [0.4, 0.5) is 0 Å². The largest absolute Gasteiger partial charge is 0.299 e. The Labute approximate surface area is 121 Å². The normalized spacial score (nSPS) is 38.0. The van der Waals surface area contributed by atoms with Crippen molar-refractivity contribution in [2.75, 3.05) is 0 Å². The van der Waals surface area contributed by atoms with Crippen molar-refractivity contribution in [3.05, 3.63) is 22.3 Å². The number of rotatable bonds is 0. The van der Waals surface area contributed by atoms with Gasteiger partial charge in [-0.25, -0.2) is 0 Å². The number of hydrogen-bond donors (Lipinski definition) is 0. The molecule has 0 bridgehead atoms. The average Bonchev–Trinajstić information content (AvgIpc) is 2.41. The van der Waals surface area contributed by atoms with Crippen molar-refractivity contribution in [1.82, 2.24) is 0 Å². The van der Waals surface area contributed by atoms with Gasteiger partial charge in [-0.15, -0.1) is 0 Å². The maximum atomic E-state index is 12.8. The van der Waals surface area contributed by atoms with Gasteiger partial charge in [0, 0.05) is 23.7 Å². The van der Waals surface area contributed by atoms with E-state index in [0.29, 0.717) is 11.6 Å². The van der Waals surface area contributed by atoms with Crippen LogP contribution in [0.1, 0.15) is 53.4 Å². The van der Waals surface area contributed by atoms with E-state index < -0.39 is 0 Å². The third-order valence-corrected chi connectivity index (χ3v) is 5.99. The van der Waals surface area contributed by atoms with E-state index in [0.717, 1.165) is 25.7 Å². The molecule has 3 rings (SSSR count). The minimum absolute atomic E-state index is 0.0290. The molecule has 0 aromatic carbocycles. The molecule has 3 aliphatic carbocycles. The van der Waals surface area contributed by atoms with E-state index in [4.69, 9.17) is 0 Å². The van der Waals surface area contributed by atoms with Gasteiger partial charge in [-0.2, -0.15) is 0 Å². The second-order valence-corrected chi connectivity index (χ2v) is 7.17. The second-order valence-electron chi connectivity index (χ2n) is 7.17. The second kappa shape index (κ2) is 4.68. The van der Waals surface area contributed by atoms with Gasteiger partial charge in [-0.1, -0.05) is 22.3 Å². The number of carbonyl (C=O) groups is 2. The molecule has 0 aliphatic heterocycles. The van der Waals surface area contributed by atoms with Crippen LogP contribution in [0.25, 0.3) is 0 Å². The molecule has 0 aromatic rings. The van der Waals surface area contributed by atoms with Crippen LogP contribution in [0.15, 0.2) is 22.3 Å². The molecule has 0 saturated heterocycles. The Morgan fingerprint density at radius 3 is 0.950 bits per heavy atom. The minimum Gasteiger partial charge on any atom is -0.299 e. The minimum atomic E-state index is -0.0290. The molecule has 0 amide bonds. The number of allylic oxidation sites excluding steroid dienone is 4. The zero-order valence-corrected chi connectivity index (χ0v) is 13.0. The Morgan fingerprint density at radius 2 is 0.750 bits per heavy atom. The summed E-state index contributed by atoms with van der Waals surface area (Å²) in [4.78, 5) is 25.7. The lowest BCUT2D eigenvalue weighted by Gasteiger charge is -2.44. The van der Waals surface area contributed by atoms with Crippen LogP contribution in [0, 0.1) is 23.7 Å². The predicted molar refractivity (Wildman–Crippen MR) is 79.2 cm³/mol. The Balaban J connectivity index is 1.97. The summed E-state index contributed by atoms with van der Waals surface area (Å²) < 4.78 is 0. The van der Waals surface area contributed by atoms with Crippen molar-refractivity contribution in [3.63, 3.8) is 0 Å². The molecule has 4 unspecified atom stereocenters. The standard InChI is InChI=1S/C18H24O2/c1-9-5-13-14(6-10(9)2)18(20)16-8-12(4)11(3)7-15(16)17(13)19/h13-16H,5-8H2,1-4H3. The first-order valence-corrected chi connectivity index (χ1v) is 7.78. The third kappa shape index (κ3) is 1.92. The van der Waals surface area contributed by atoms with Crippen LogP contribution >= 0.6 is 0 Å². The summed E-state index contributed by atoms with van der Waals surface area (Å²) >= 11 is 0. The molecule has 2 nitrogen and oxygen atoms in total. The van der Waals surface area contributed by atoms with Crippen LogP contribution in [0.3, 0.4) is 0 Å². The van der Waals surface area contributed by atoms with Crippen molar-refractivity contribution >= 4 is 11.6 Å². The van der Waals surface area contributed by atoms with E-state index >= 15 is 0 Å². The number of Topliss-reactive ketones (excluding diaryl/α,β-unsaturated/α-hetero) is 2. The lowest BCUT2D eigenvalue weighted by Crippen LogP contribution is -2.50. The quantitative estimate of drug-likeness (QED) is 0.627. The van der Waals surface area contributed by atoms with Crippen LogP contribution in [-0.4, -0.2) is 11.6 Å². The highest BCUT2D eigenvalue weighted by Crippen LogP contribution is 2.48. The molecule has 2 heteroatoms. The van der Waals surface area contributed by atoms with E-state index in [1.165, 1.54) is 22.3 Å². The molecule has 0 heterocycles. The van der Waals surface area contributed by atoms with Gasteiger partial charge in [0.05, 0.1) is 0 Å². The first-order valence-electron chi connectivity index (χ1n) is 7.78. The van der Waals surface area contributed by atoms with E-state index in [9.17, 15) is 9.59 Å². The summed E-state index contributed by atoms with van der Waals surface area (Å²) in [5.41, 5.74) is 5.30. The monoisotopic (exact) mass is 272 g/mol. The summed E-state index contributed by atoms with van der Waals surface area (Å²) in [6.45, 7) is 8.47.